The van der Waals surface area contributed by atoms with E-state index in [9.17, 15) is 14.4 Å². The summed E-state index contributed by atoms with van der Waals surface area (Å²) in [6, 6.07) is 6.54. The minimum Gasteiger partial charge on any atom is -0.376 e. The van der Waals surface area contributed by atoms with Crippen LogP contribution in [0.15, 0.2) is 24.3 Å². The van der Waals surface area contributed by atoms with Crippen molar-refractivity contribution in [1.29, 1.82) is 0 Å². The first-order chi connectivity index (χ1) is 9.99. The molecule has 7 nitrogen and oxygen atoms in total. The highest BCUT2D eigenvalue weighted by atomic mass is 16.2. The molecule has 1 aliphatic rings. The Labute approximate surface area is 122 Å². The maximum absolute atomic E-state index is 11.9. The normalized spacial score (nSPS) is 13.8. The second-order valence-electron chi connectivity index (χ2n) is 4.91. The quantitative estimate of drug-likeness (QED) is 0.838. The smallest absolute Gasteiger partial charge is 0.324 e. The summed E-state index contributed by atoms with van der Waals surface area (Å²) in [5.74, 6) is -0.404. The molecule has 0 saturated carbocycles. The van der Waals surface area contributed by atoms with E-state index in [-0.39, 0.29) is 24.4 Å². The Morgan fingerprint density at radius 3 is 2.76 bits per heavy atom. The van der Waals surface area contributed by atoms with Gasteiger partial charge in [-0.05, 0) is 18.2 Å². The number of amides is 4. The molecule has 7 heteroatoms. The molecule has 0 unspecified atom stereocenters. The van der Waals surface area contributed by atoms with Crippen LogP contribution in [-0.2, 0) is 4.79 Å². The first-order valence-electron chi connectivity index (χ1n) is 6.63. The predicted octanol–water partition coefficient (Wildman–Crippen LogP) is 0.352. The number of nitrogens with one attached hydrogen (secondary N) is 2. The third-order valence-electron chi connectivity index (χ3n) is 3.12. The van der Waals surface area contributed by atoms with E-state index < -0.39 is 0 Å². The van der Waals surface area contributed by atoms with Crippen molar-refractivity contribution in [2.45, 2.75) is 0 Å². The molecular weight excluding hydrogens is 272 g/mol. The number of imide groups is 1. The van der Waals surface area contributed by atoms with Gasteiger partial charge in [0.15, 0.2) is 0 Å². The molecule has 0 radical (unpaired) electrons. The Bertz CT molecular complexity index is 571. The molecule has 0 bridgehead atoms. The Hall–Kier alpha value is -2.57. The van der Waals surface area contributed by atoms with Gasteiger partial charge in [-0.2, -0.15) is 0 Å². The lowest BCUT2D eigenvalue weighted by Crippen LogP contribution is -2.38. The fourth-order valence-electron chi connectivity index (χ4n) is 2.00. The number of benzene rings is 1. The lowest BCUT2D eigenvalue weighted by molar-refractivity contribution is -0.125. The molecule has 0 spiro atoms. The van der Waals surface area contributed by atoms with Crippen molar-refractivity contribution >= 4 is 23.5 Å². The standard InChI is InChI=1S/C14H18N4O3/c1-17(2)13(20)10-4-3-5-11(8-10)16-9-12(19)18-7-6-15-14(18)21/h3-5,8,16H,6-7,9H2,1-2H3,(H,15,21). The van der Waals surface area contributed by atoms with Crippen LogP contribution in [-0.4, -0.2) is 61.4 Å². The molecule has 0 aliphatic carbocycles. The lowest BCUT2D eigenvalue weighted by Gasteiger charge is -2.14. The molecule has 2 N–H and O–H groups in total. The summed E-state index contributed by atoms with van der Waals surface area (Å²) >= 11 is 0. The first kappa shape index (κ1) is 14.8. The van der Waals surface area contributed by atoms with Crippen molar-refractivity contribution < 1.29 is 14.4 Å². The number of carbonyl (C=O) groups excluding carboxylic acids is 3. The second kappa shape index (κ2) is 6.25. The number of nitrogens with zero attached hydrogens (tertiary/aromatic N) is 2. The highest BCUT2D eigenvalue weighted by Crippen LogP contribution is 2.12. The Morgan fingerprint density at radius 1 is 1.38 bits per heavy atom. The number of carbonyl (C=O) groups is 3. The Morgan fingerprint density at radius 2 is 2.14 bits per heavy atom. The second-order valence-corrected chi connectivity index (χ2v) is 4.91. The molecule has 1 fully saturated rings. The molecule has 4 amide bonds. The highest BCUT2D eigenvalue weighted by Gasteiger charge is 2.25. The largest absolute Gasteiger partial charge is 0.376 e. The topological polar surface area (TPSA) is 81.8 Å². The van der Waals surface area contributed by atoms with E-state index in [1.54, 1.807) is 38.4 Å². The van der Waals surface area contributed by atoms with Crippen LogP contribution in [0.5, 0.6) is 0 Å². The summed E-state index contributed by atoms with van der Waals surface area (Å²) in [7, 11) is 3.36. The zero-order valence-electron chi connectivity index (χ0n) is 12.0. The van der Waals surface area contributed by atoms with Gasteiger partial charge in [-0.1, -0.05) is 6.07 Å². The van der Waals surface area contributed by atoms with Gasteiger partial charge in [-0.25, -0.2) is 4.79 Å². The van der Waals surface area contributed by atoms with Crippen molar-refractivity contribution in [2.24, 2.45) is 0 Å². The number of rotatable bonds is 4. The zero-order chi connectivity index (χ0) is 15.4. The molecule has 112 valence electrons. The van der Waals surface area contributed by atoms with Crippen LogP contribution in [0, 0.1) is 0 Å². The van der Waals surface area contributed by atoms with Gasteiger partial charge in [-0.15, -0.1) is 0 Å². The van der Waals surface area contributed by atoms with Crippen LogP contribution in [0.25, 0.3) is 0 Å². The Balaban J connectivity index is 1.97. The monoisotopic (exact) mass is 290 g/mol. The van der Waals surface area contributed by atoms with Gasteiger partial charge < -0.3 is 15.5 Å². The minimum atomic E-state index is -0.363. The molecule has 0 aromatic heterocycles. The van der Waals surface area contributed by atoms with E-state index in [0.29, 0.717) is 24.3 Å². The maximum atomic E-state index is 11.9. The van der Waals surface area contributed by atoms with Crippen molar-refractivity contribution in [1.82, 2.24) is 15.1 Å². The average Bonchev–Trinajstić information content (AvgIpc) is 2.90. The fraction of sp³-hybridized carbons (Fsp3) is 0.357. The summed E-state index contributed by atoms with van der Waals surface area (Å²) in [5, 5.41) is 5.51. The van der Waals surface area contributed by atoms with Crippen molar-refractivity contribution in [3.05, 3.63) is 29.8 Å². The molecule has 1 aromatic carbocycles. The molecule has 21 heavy (non-hydrogen) atoms. The van der Waals surface area contributed by atoms with Crippen molar-refractivity contribution in [3.8, 4) is 0 Å². The minimum absolute atomic E-state index is 0.00697. The predicted molar refractivity (Wildman–Crippen MR) is 78.1 cm³/mol. The van der Waals surface area contributed by atoms with Gasteiger partial charge in [0, 0.05) is 38.4 Å². The number of anilines is 1. The van der Waals surface area contributed by atoms with Gasteiger partial charge >= 0.3 is 6.03 Å². The molecule has 0 atom stereocenters. The average molecular weight is 290 g/mol. The lowest BCUT2D eigenvalue weighted by atomic mass is 10.2. The van der Waals surface area contributed by atoms with E-state index in [2.05, 4.69) is 10.6 Å². The van der Waals surface area contributed by atoms with Gasteiger partial charge in [0.25, 0.3) is 5.91 Å². The molecule has 1 aliphatic heterocycles. The van der Waals surface area contributed by atoms with E-state index >= 15 is 0 Å². The summed E-state index contributed by atoms with van der Waals surface area (Å²) in [5.41, 5.74) is 1.20. The fourth-order valence-corrected chi connectivity index (χ4v) is 2.00. The molecular formula is C14H18N4O3. The van der Waals surface area contributed by atoms with Crippen molar-refractivity contribution in [2.75, 3.05) is 39.0 Å². The number of hydrogen-bond acceptors (Lipinski definition) is 4. The summed E-state index contributed by atoms with van der Waals surface area (Å²) in [6.45, 7) is 0.878. The van der Waals surface area contributed by atoms with Gasteiger partial charge in [0.2, 0.25) is 5.91 Å². The summed E-state index contributed by atoms with van der Waals surface area (Å²) < 4.78 is 0. The zero-order valence-corrected chi connectivity index (χ0v) is 12.0. The molecule has 1 heterocycles. The third-order valence-corrected chi connectivity index (χ3v) is 3.12. The molecule has 1 aromatic rings. The van der Waals surface area contributed by atoms with Crippen LogP contribution in [0.1, 0.15) is 10.4 Å². The SMILES string of the molecule is CN(C)C(=O)c1cccc(NCC(=O)N2CCNC2=O)c1. The van der Waals surface area contributed by atoms with Crippen LogP contribution in [0.2, 0.25) is 0 Å². The third kappa shape index (κ3) is 3.50. The van der Waals surface area contributed by atoms with E-state index in [1.807, 2.05) is 0 Å². The Kier molecular flexibility index (Phi) is 4.42. The van der Waals surface area contributed by atoms with Crippen LogP contribution in [0.3, 0.4) is 0 Å². The van der Waals surface area contributed by atoms with Crippen LogP contribution < -0.4 is 10.6 Å². The number of hydrogen-bond donors (Lipinski definition) is 2. The number of urea groups is 1. The highest BCUT2D eigenvalue weighted by molar-refractivity contribution is 5.98. The van der Waals surface area contributed by atoms with E-state index in [1.165, 1.54) is 9.80 Å². The van der Waals surface area contributed by atoms with Crippen LogP contribution >= 0.6 is 0 Å². The summed E-state index contributed by atoms with van der Waals surface area (Å²) in [6.07, 6.45) is 0. The molecule has 1 saturated heterocycles. The van der Waals surface area contributed by atoms with Crippen LogP contribution in [0.4, 0.5) is 10.5 Å². The van der Waals surface area contributed by atoms with Crippen molar-refractivity contribution in [3.63, 3.8) is 0 Å². The maximum Gasteiger partial charge on any atom is 0.324 e. The molecule has 2 rings (SSSR count). The van der Waals surface area contributed by atoms with Gasteiger partial charge in [-0.3, -0.25) is 14.5 Å². The van der Waals surface area contributed by atoms with Gasteiger partial charge in [0.05, 0.1) is 6.54 Å². The van der Waals surface area contributed by atoms with E-state index in [4.69, 9.17) is 0 Å². The van der Waals surface area contributed by atoms with Gasteiger partial charge in [0.1, 0.15) is 0 Å². The first-order valence-corrected chi connectivity index (χ1v) is 6.63. The summed E-state index contributed by atoms with van der Waals surface area (Å²) in [4.78, 5) is 37.8. The van der Waals surface area contributed by atoms with E-state index in [0.717, 1.165) is 0 Å².